The Labute approximate surface area is 585 Å². The van der Waals surface area contributed by atoms with Gasteiger partial charge in [0.2, 0.25) is 29.5 Å². The number of fused-ring (bicyclic) bond motifs is 7. The molecule has 100 heavy (non-hydrogen) atoms. The van der Waals surface area contributed by atoms with Crippen molar-refractivity contribution in [2.75, 3.05) is 89.4 Å². The number of rotatable bonds is 39. The lowest BCUT2D eigenvalue weighted by Crippen LogP contribution is -2.54. The minimum absolute atomic E-state index is 0.00280. The zero-order valence-corrected chi connectivity index (χ0v) is 58.3. The number of amides is 7. The van der Waals surface area contributed by atoms with Crippen molar-refractivity contribution in [1.29, 1.82) is 0 Å². The van der Waals surface area contributed by atoms with Crippen molar-refractivity contribution >= 4 is 76.8 Å². The number of benzene rings is 3. The van der Waals surface area contributed by atoms with Gasteiger partial charge in [-0.15, -0.1) is 0 Å². The van der Waals surface area contributed by atoms with E-state index in [0.29, 0.717) is 63.0 Å². The molecule has 3 aromatic rings. The van der Waals surface area contributed by atoms with Gasteiger partial charge in [0, 0.05) is 49.4 Å². The highest BCUT2D eigenvalue weighted by Crippen LogP contribution is 2.65. The number of ketones is 2. The monoisotopic (exact) mass is 1390 g/mol. The number of aliphatic hydroxyl groups is 1. The predicted molar refractivity (Wildman–Crippen MR) is 372 cm³/mol. The zero-order valence-electron chi connectivity index (χ0n) is 58.3. The van der Waals surface area contributed by atoms with Gasteiger partial charge in [0.25, 0.3) is 0 Å². The van der Waals surface area contributed by atoms with Crippen molar-refractivity contribution in [3.8, 4) is 0 Å². The topological polar surface area (TPSA) is 337 Å². The summed E-state index contributed by atoms with van der Waals surface area (Å²) in [6.07, 6.45) is 12.7. The summed E-state index contributed by atoms with van der Waals surface area (Å²) >= 11 is 0. The van der Waals surface area contributed by atoms with Crippen molar-refractivity contribution in [3.63, 3.8) is 0 Å². The molecule has 25 heteroatoms. The molecule has 10 atom stereocenters. The molecule has 8 N–H and O–H groups in total. The Morgan fingerprint density at radius 3 is 2.13 bits per heavy atom. The number of nitrogens with one attached hydrogen (secondary N) is 5. The number of hydrogen-bond donors (Lipinski definition) is 7. The summed E-state index contributed by atoms with van der Waals surface area (Å²) in [6, 6.07) is 19.2. The molecule has 7 amide bonds. The highest BCUT2D eigenvalue weighted by atomic mass is 16.7. The van der Waals surface area contributed by atoms with Crippen LogP contribution < -0.4 is 37.2 Å². The Morgan fingerprint density at radius 2 is 1.41 bits per heavy atom. The summed E-state index contributed by atoms with van der Waals surface area (Å²) in [7, 11) is 0. The number of allylic oxidation sites excluding steroid dienone is 4. The minimum Gasteiger partial charge on any atom is -0.429 e. The molecule has 0 saturated heterocycles. The van der Waals surface area contributed by atoms with Gasteiger partial charge in [-0.1, -0.05) is 119 Å². The molecule has 4 aliphatic carbocycles. The molecule has 1 aliphatic heterocycles. The lowest BCUT2D eigenvalue weighted by Gasteiger charge is -2.57. The van der Waals surface area contributed by atoms with E-state index in [9.17, 15) is 48.3 Å². The van der Waals surface area contributed by atoms with Gasteiger partial charge in [0.15, 0.2) is 24.5 Å². The van der Waals surface area contributed by atoms with Crippen LogP contribution >= 0.6 is 0 Å². The Balaban J connectivity index is 0.656. The molecular weight excluding hydrogens is 1290 g/mol. The summed E-state index contributed by atoms with van der Waals surface area (Å²) in [5.41, 5.74) is 10.5. The maximum Gasteiger partial charge on any atom is 0.509 e. The van der Waals surface area contributed by atoms with Crippen LogP contribution in [0.5, 0.6) is 0 Å². The van der Waals surface area contributed by atoms with Crippen molar-refractivity contribution < 1.29 is 86.2 Å². The van der Waals surface area contributed by atoms with Crippen molar-refractivity contribution in [2.24, 2.45) is 40.2 Å². The molecule has 0 aromatic heterocycles. The molecule has 3 fully saturated rings. The third-order valence-electron chi connectivity index (χ3n) is 19.4. The summed E-state index contributed by atoms with van der Waals surface area (Å²) in [5, 5.41) is 25.2. The third kappa shape index (κ3) is 22.9. The molecular formula is C75H101N7O18. The van der Waals surface area contributed by atoms with Crippen LogP contribution in [0, 0.1) is 34.5 Å². The van der Waals surface area contributed by atoms with E-state index in [1.165, 1.54) is 0 Å². The number of Topliss-reactive ketones (excluding diaryl/α,β-unsaturated/α-hetero) is 1. The van der Waals surface area contributed by atoms with E-state index < -0.39 is 66.8 Å². The van der Waals surface area contributed by atoms with Crippen LogP contribution in [0.2, 0.25) is 0 Å². The second-order valence-electron chi connectivity index (χ2n) is 27.1. The second-order valence-corrected chi connectivity index (χ2v) is 27.1. The summed E-state index contributed by atoms with van der Waals surface area (Å²) in [4.78, 5) is 117. The number of carbonyl (C=O) groups excluding carboxylic acids is 9. The second kappa shape index (κ2) is 38.6. The summed E-state index contributed by atoms with van der Waals surface area (Å²) < 4.78 is 45.2. The van der Waals surface area contributed by atoms with E-state index >= 15 is 0 Å². The standard InChI is InChI=1S/C75H101N7O18/c1-6-12-67(100-58-42-60-59-25-22-54-41-56(83)28-30-75(54,5)68(59)63(85)44-74(60,4)43-58)97-47-57(84)48-99-73(92)98-46-50-18-23-55(24-19-50)79-70(89)61(16-11-31-78-72(76)91)80-71(90)69(49(2)3)81-65(87)29-33-93-35-37-95-39-40-96-38-36-94-34-32-77-64(86)26-27-66(88)82-45-53-15-8-7-13-51(53)20-21-52-14-9-10-17-62(52)82/h7-10,13-15,17-21,23-24,28,30,41,49,58-61,63,67-69,85H,6,11-12,16,22,25-27,29,31-40,42-48H2,1-5H3,(H,77,86)(H,79,89)(H,80,90)(H,81,87)(H3,76,78,91)/b21-20-/t58-,59+,60?,61+,63+,67?,68-,69+,74+,75+/m1/s1. The van der Waals surface area contributed by atoms with Crippen LogP contribution in [0.4, 0.5) is 21.0 Å². The number of para-hydroxylation sites is 1. The Hall–Kier alpha value is -8.17. The molecule has 25 nitrogen and oxygen atoms in total. The number of carbonyl (C=O) groups is 9. The quantitative estimate of drug-likeness (QED) is 0.0163. The number of nitrogens with zero attached hydrogens (tertiary/aromatic N) is 1. The largest absolute Gasteiger partial charge is 0.509 e. The fraction of sp³-hybridized carbons (Fsp3) is 0.560. The van der Waals surface area contributed by atoms with Crippen molar-refractivity contribution in [3.05, 3.63) is 119 Å². The van der Waals surface area contributed by atoms with Crippen molar-refractivity contribution in [2.45, 2.75) is 155 Å². The highest BCUT2D eigenvalue weighted by molar-refractivity contribution is 6.01. The van der Waals surface area contributed by atoms with Gasteiger partial charge < -0.3 is 80.2 Å². The number of nitrogens with two attached hydrogens (primary N) is 1. The molecule has 0 radical (unpaired) electrons. The Kier molecular flexibility index (Phi) is 29.9. The molecule has 2 unspecified atom stereocenters. The fourth-order valence-corrected chi connectivity index (χ4v) is 14.4. The van der Waals surface area contributed by atoms with Crippen LogP contribution in [0.1, 0.15) is 134 Å². The first kappa shape index (κ1) is 77.6. The van der Waals surface area contributed by atoms with E-state index in [-0.39, 0.29) is 137 Å². The van der Waals surface area contributed by atoms with E-state index in [4.69, 9.17) is 43.6 Å². The summed E-state index contributed by atoms with van der Waals surface area (Å²) in [5.74, 6) is -2.26. The van der Waals surface area contributed by atoms with Gasteiger partial charge in [0.05, 0.1) is 77.3 Å². The van der Waals surface area contributed by atoms with E-state index in [1.807, 2.05) is 67.6 Å². The highest BCUT2D eigenvalue weighted by Gasteiger charge is 2.61. The minimum atomic E-state index is -1.10. The molecule has 1 heterocycles. The number of hydrogen-bond acceptors (Lipinski definition) is 18. The van der Waals surface area contributed by atoms with Crippen molar-refractivity contribution in [1.82, 2.24) is 21.3 Å². The normalized spacial score (nSPS) is 22.3. The van der Waals surface area contributed by atoms with E-state index in [1.54, 1.807) is 55.2 Å². The molecule has 544 valence electrons. The maximum absolute atomic E-state index is 13.7. The first-order chi connectivity index (χ1) is 48.1. The van der Waals surface area contributed by atoms with Crippen LogP contribution in [0.3, 0.4) is 0 Å². The molecule has 8 rings (SSSR count). The van der Waals surface area contributed by atoms with Gasteiger partial charge in [-0.2, -0.15) is 0 Å². The zero-order chi connectivity index (χ0) is 71.6. The fourth-order valence-electron chi connectivity index (χ4n) is 14.4. The molecule has 3 saturated carbocycles. The number of ether oxygens (including phenoxy) is 8. The number of anilines is 2. The molecule has 0 spiro atoms. The maximum atomic E-state index is 13.7. The molecule has 5 aliphatic rings. The number of aliphatic hydroxyl groups excluding tert-OH is 1. The van der Waals surface area contributed by atoms with Crippen LogP contribution in [-0.4, -0.2) is 168 Å². The van der Waals surface area contributed by atoms with Gasteiger partial charge >= 0.3 is 12.2 Å². The van der Waals surface area contributed by atoms with Gasteiger partial charge in [-0.25, -0.2) is 9.59 Å². The first-order valence-electron chi connectivity index (χ1n) is 35.1. The first-order valence-corrected chi connectivity index (χ1v) is 35.1. The number of primary amides is 1. The average molecular weight is 1390 g/mol. The van der Waals surface area contributed by atoms with Gasteiger partial charge in [-0.3, -0.25) is 33.6 Å². The molecule has 0 bridgehead atoms. The smallest absolute Gasteiger partial charge is 0.429 e. The SMILES string of the molecule is CCCC(OCC(=O)COC(=O)OCc1ccc(NC(=O)[C@H](CCCNC(N)=O)NC(=O)[C@@H](NC(=O)CCOCCOCCOCCOCCNC(=O)CCC(=O)N2Cc3ccccc3/C=C\c3ccccc32)C(C)C)cc1)O[C@@H]1CC2[C@@H]3CCC4=CC(=O)C=C[C@]4(C)[C@H]3[C@@H](O)C[C@]2(C)C1. The van der Waals surface area contributed by atoms with Crippen LogP contribution in [-0.2, 0) is 84.6 Å². The third-order valence-corrected chi connectivity index (χ3v) is 19.4. The Bertz CT molecular complexity index is 3380. The summed E-state index contributed by atoms with van der Waals surface area (Å²) in [6.45, 7) is 11.6. The number of urea groups is 1. The average Bonchev–Trinajstić information content (AvgIpc) is 1.37. The van der Waals surface area contributed by atoms with Gasteiger partial charge in [0.1, 0.15) is 25.3 Å². The lowest BCUT2D eigenvalue weighted by molar-refractivity contribution is -0.179. The molecule has 3 aromatic carbocycles. The Morgan fingerprint density at radius 1 is 0.720 bits per heavy atom. The lowest BCUT2D eigenvalue weighted by atomic mass is 9.47. The van der Waals surface area contributed by atoms with Gasteiger partial charge in [-0.05, 0) is 127 Å². The van der Waals surface area contributed by atoms with Crippen LogP contribution in [0.15, 0.2) is 96.6 Å². The predicted octanol–water partition coefficient (Wildman–Crippen LogP) is 7.80. The van der Waals surface area contributed by atoms with Crippen LogP contribution in [0.25, 0.3) is 12.2 Å². The van der Waals surface area contributed by atoms with E-state index in [2.05, 4.69) is 46.5 Å². The van der Waals surface area contributed by atoms with E-state index in [0.717, 1.165) is 60.1 Å².